The minimum absolute atomic E-state index is 0. The summed E-state index contributed by atoms with van der Waals surface area (Å²) in [5, 5.41) is 14.8. The molecule has 5 N–H and O–H groups in total. The van der Waals surface area contributed by atoms with Crippen LogP contribution in [-0.4, -0.2) is 9.98 Å². The molecule has 12 heavy (non-hydrogen) atoms. The van der Waals surface area contributed by atoms with Crippen molar-refractivity contribution in [2.75, 3.05) is 0 Å². The number of hydrogen-bond donors (Lipinski definition) is 2. The molecule has 0 aliphatic heterocycles. The molecule has 0 rings (SSSR count). The number of hydrogen-bond acceptors (Lipinski definition) is 6. The third-order valence-electron chi connectivity index (χ3n) is 0. The minimum Gasteiger partial charge on any atom is -0.790 e. The van der Waals surface area contributed by atoms with Gasteiger partial charge in [-0.15, -0.1) is 0 Å². The van der Waals surface area contributed by atoms with Gasteiger partial charge in [0.1, 0.15) is 0 Å². The van der Waals surface area contributed by atoms with E-state index < -0.39 is 12.9 Å². The average molecular weight is 254 g/mol. The molecule has 12 heteroatoms. The van der Waals surface area contributed by atoms with E-state index in [4.69, 9.17) is 34.6 Å². The predicted octanol–water partition coefficient (Wildman–Crippen LogP) is -8.05. The molecule has 0 aromatic carbocycles. The van der Waals surface area contributed by atoms with E-state index in [0.29, 0.717) is 0 Å². The first-order valence-electron chi connectivity index (χ1n) is 1.30. The Morgan fingerprint density at radius 2 is 1.17 bits per heavy atom. The zero-order valence-electron chi connectivity index (χ0n) is 6.79. The van der Waals surface area contributed by atoms with Crippen LogP contribution in [-0.2, 0) is 4.57 Å². The molecule has 0 aliphatic rings. The topological polar surface area (TPSA) is 186 Å². The second kappa shape index (κ2) is 16.0. The van der Waals surface area contributed by atoms with Gasteiger partial charge >= 0.3 is 103 Å². The Morgan fingerprint density at radius 1 is 1.17 bits per heavy atom. The molecule has 0 spiro atoms. The van der Waals surface area contributed by atoms with Crippen LogP contribution in [0.4, 0.5) is 0 Å². The second-order valence-electron chi connectivity index (χ2n) is 0.692. The molecule has 0 aliphatic carbocycles. The number of nitrogens with zero attached hydrogens (tertiary/aromatic N) is 1. The largest absolute Gasteiger partial charge is 1.00 e. The van der Waals surface area contributed by atoms with E-state index in [1.807, 2.05) is 0 Å². The van der Waals surface area contributed by atoms with Crippen LogP contribution in [0.15, 0.2) is 0 Å². The van der Waals surface area contributed by atoms with Crippen LogP contribution in [0, 0.1) is 15.3 Å². The maximum absolute atomic E-state index is 8.66. The Labute approximate surface area is 153 Å². The minimum atomic E-state index is -5.14. The van der Waals surface area contributed by atoms with E-state index in [1.54, 1.807) is 0 Å². The summed E-state index contributed by atoms with van der Waals surface area (Å²) in [5.74, 6) is 0. The van der Waals surface area contributed by atoms with Gasteiger partial charge in [0.2, 0.25) is 0 Å². The summed E-state index contributed by atoms with van der Waals surface area (Å²) in [4.78, 5) is 32.5. The second-order valence-corrected chi connectivity index (χ2v) is 1.63. The maximum Gasteiger partial charge on any atom is 1.00 e. The monoisotopic (exact) mass is 254 g/mol. The molecule has 0 bridgehead atoms. The van der Waals surface area contributed by atoms with Gasteiger partial charge in [-0.1, -0.05) is 0 Å². The number of phosphoric acid groups is 1. The molecule has 0 amide bonds. The normalized spacial score (nSPS) is 6.92. The van der Waals surface area contributed by atoms with Crippen molar-refractivity contribution in [3.05, 3.63) is 15.3 Å². The first-order valence-corrected chi connectivity index (χ1v) is 2.79. The van der Waals surface area contributed by atoms with Crippen molar-refractivity contribution in [2.45, 2.75) is 0 Å². The number of rotatable bonds is 0. The summed E-state index contributed by atoms with van der Waals surface area (Å²) in [6.07, 6.45) is 0. The van der Waals surface area contributed by atoms with Crippen LogP contribution in [0.1, 0.15) is 0 Å². The Hall–Kier alpha value is 2.54. The van der Waals surface area contributed by atoms with Crippen molar-refractivity contribution in [1.82, 2.24) is 6.15 Å². The fourth-order valence-corrected chi connectivity index (χ4v) is 0. The quantitative estimate of drug-likeness (QED) is 0.186. The van der Waals surface area contributed by atoms with E-state index in [-0.39, 0.29) is 109 Å². The first kappa shape index (κ1) is 29.3. The van der Waals surface area contributed by atoms with Crippen LogP contribution in [0.25, 0.3) is 0 Å². The average Bonchev–Trinajstić information content (AvgIpc) is 1.19. The van der Waals surface area contributed by atoms with Crippen LogP contribution in [0.5, 0.6) is 0 Å². The zero-order valence-corrected chi connectivity index (χ0v) is 13.9. The van der Waals surface area contributed by atoms with Gasteiger partial charge in [-0.2, -0.15) is 0 Å². The third kappa shape index (κ3) is 258. The third-order valence-corrected chi connectivity index (χ3v) is 0. The smallest absolute Gasteiger partial charge is 0.790 e. The maximum atomic E-state index is 8.66. The zero-order chi connectivity index (χ0) is 8.08. The van der Waals surface area contributed by atoms with E-state index >= 15 is 0 Å². The van der Waals surface area contributed by atoms with Crippen molar-refractivity contribution < 1.29 is 127 Å². The van der Waals surface area contributed by atoms with Gasteiger partial charge in [-0.3, -0.25) is 0 Å². The summed E-state index contributed by atoms with van der Waals surface area (Å²) in [6, 6.07) is 0. The Morgan fingerprint density at radius 3 is 1.17 bits per heavy atom. The molecule has 64 valence electrons. The van der Waals surface area contributed by atoms with Gasteiger partial charge in [0.15, 0.2) is 0 Å². The van der Waals surface area contributed by atoms with Crippen LogP contribution >= 0.6 is 7.82 Å². The fourth-order valence-electron chi connectivity index (χ4n) is 0. The van der Waals surface area contributed by atoms with Gasteiger partial charge in [0, 0.05) is 0 Å². The van der Waals surface area contributed by atoms with Gasteiger partial charge in [0.25, 0.3) is 0 Å². The van der Waals surface area contributed by atoms with Crippen molar-refractivity contribution in [3.8, 4) is 0 Å². The predicted molar refractivity (Wildman–Crippen MR) is 26.2 cm³/mol. The summed E-state index contributed by atoms with van der Waals surface area (Å²) in [7, 11) is -5.14. The van der Waals surface area contributed by atoms with Crippen molar-refractivity contribution in [3.63, 3.8) is 0 Å². The van der Waals surface area contributed by atoms with Crippen LogP contribution < -0.4 is 119 Å². The van der Waals surface area contributed by atoms with Gasteiger partial charge in [-0.25, -0.2) is 0 Å². The molecule has 9 nitrogen and oxygen atoms in total. The fraction of sp³-hybridized carbons (Fsp3) is 0. The molecule has 0 saturated heterocycles. The molecular formula is H5K2N2O7P. The summed E-state index contributed by atoms with van der Waals surface area (Å²) >= 11 is 0. The summed E-state index contributed by atoms with van der Waals surface area (Å²) in [5.41, 5.74) is 0. The standard InChI is InChI=1S/2K.NO3.H3N.H3O4P/c;;2-1(3)4;;1-5(2,3)4/h;;;1H3;(H3,1,2,3,4)/q2*+1;-1;;/p-1. The van der Waals surface area contributed by atoms with E-state index in [9.17, 15) is 0 Å². The van der Waals surface area contributed by atoms with Gasteiger partial charge in [0.05, 0.1) is 12.9 Å². The Balaban J connectivity index is -0.0000000221. The van der Waals surface area contributed by atoms with Crippen molar-refractivity contribution >= 4 is 7.82 Å². The molecule has 0 radical (unpaired) electrons. The molecule has 0 unspecified atom stereocenters. The molecule has 0 aromatic rings. The molecule has 0 saturated carbocycles. The van der Waals surface area contributed by atoms with Crippen molar-refractivity contribution in [1.29, 1.82) is 0 Å². The molecule has 0 fully saturated rings. The Bertz CT molecular complexity index is 119. The molecule has 0 aromatic heterocycles. The van der Waals surface area contributed by atoms with Crippen LogP contribution in [0.2, 0.25) is 0 Å². The molecule has 0 heterocycles. The van der Waals surface area contributed by atoms with Crippen LogP contribution in [0.3, 0.4) is 0 Å². The molecular weight excluding hydrogens is 249 g/mol. The summed E-state index contributed by atoms with van der Waals surface area (Å²) in [6.45, 7) is 0. The van der Waals surface area contributed by atoms with Crippen molar-refractivity contribution in [2.24, 2.45) is 0 Å². The summed E-state index contributed by atoms with van der Waals surface area (Å²) < 4.78 is 8.66. The SMILES string of the molecule is O=P([O-])([O-])O.O=[N+]([O-])[O-].[K+].[K+].[NH4+]. The van der Waals surface area contributed by atoms with Gasteiger partial charge in [-0.05, 0) is 0 Å². The first-order chi connectivity index (χ1) is 3.73. The van der Waals surface area contributed by atoms with Gasteiger partial charge < -0.3 is 40.7 Å². The van der Waals surface area contributed by atoms with E-state index in [2.05, 4.69) is 0 Å². The number of quaternary nitrogens is 1. The van der Waals surface area contributed by atoms with E-state index in [1.165, 1.54) is 0 Å². The molecule has 0 atom stereocenters. The van der Waals surface area contributed by atoms with E-state index in [0.717, 1.165) is 0 Å². The Kier molecular flexibility index (Phi) is 39.0.